The van der Waals surface area contributed by atoms with E-state index in [0.29, 0.717) is 5.52 Å². The van der Waals surface area contributed by atoms with E-state index in [0.717, 1.165) is 18.4 Å². The molecule has 0 saturated heterocycles. The summed E-state index contributed by atoms with van der Waals surface area (Å²) < 4.78 is 29.5. The average Bonchev–Trinajstić information content (AvgIpc) is 2.74. The fraction of sp³-hybridized carbons (Fsp3) is 0.167. The molecule has 5 nitrogen and oxygen atoms in total. The number of nitrogens with zero attached hydrogens (tertiary/aromatic N) is 2. The van der Waals surface area contributed by atoms with Crippen LogP contribution >= 0.6 is 0 Å². The predicted molar refractivity (Wildman–Crippen MR) is 119 cm³/mol. The van der Waals surface area contributed by atoms with Crippen LogP contribution in [0.3, 0.4) is 0 Å². The van der Waals surface area contributed by atoms with E-state index in [4.69, 9.17) is 0 Å². The van der Waals surface area contributed by atoms with Crippen molar-refractivity contribution >= 4 is 17.0 Å². The molecule has 7 heteroatoms. The van der Waals surface area contributed by atoms with Crippen molar-refractivity contribution < 1.29 is 8.78 Å². The van der Waals surface area contributed by atoms with Crippen molar-refractivity contribution in [1.29, 1.82) is 0 Å². The van der Waals surface area contributed by atoms with Crippen molar-refractivity contribution in [2.75, 3.05) is 6.54 Å². The average molecular weight is 420 g/mol. The molecule has 1 aliphatic rings. The molecule has 0 bridgehead atoms. The molecule has 0 radical (unpaired) electrons. The summed E-state index contributed by atoms with van der Waals surface area (Å²) in [6.45, 7) is 4.73. The van der Waals surface area contributed by atoms with Crippen molar-refractivity contribution in [2.45, 2.75) is 19.4 Å². The summed E-state index contributed by atoms with van der Waals surface area (Å²) in [5.41, 5.74) is -0.706. The second-order valence-electron chi connectivity index (χ2n) is 7.43. The van der Waals surface area contributed by atoms with E-state index in [-0.39, 0.29) is 16.9 Å². The van der Waals surface area contributed by atoms with Gasteiger partial charge in [0.15, 0.2) is 0 Å². The Balaban J connectivity index is 1.87. The van der Waals surface area contributed by atoms with Crippen LogP contribution in [0.4, 0.5) is 8.78 Å². The van der Waals surface area contributed by atoms with E-state index >= 15 is 0 Å². The smallest absolute Gasteiger partial charge is 0.266 e. The lowest BCUT2D eigenvalue weighted by Crippen LogP contribution is -2.43. The number of fused-ring (bicyclic) bond motifs is 1. The Hall–Kier alpha value is -3.74. The van der Waals surface area contributed by atoms with Crippen LogP contribution < -0.4 is 16.2 Å². The predicted octanol–water partition coefficient (Wildman–Crippen LogP) is 4.05. The first-order chi connectivity index (χ1) is 14.9. The lowest BCUT2D eigenvalue weighted by molar-refractivity contribution is 0.549. The SMILES string of the molecule is CCNC1=CC=CC(C)(C=Cc2nc3ccc(F)cc3c(=O)n2-c2ccccc2F)N1. The van der Waals surface area contributed by atoms with Gasteiger partial charge in [-0.25, -0.2) is 13.8 Å². The highest BCUT2D eigenvalue weighted by Crippen LogP contribution is 2.20. The van der Waals surface area contributed by atoms with E-state index in [1.54, 1.807) is 18.2 Å². The number of para-hydroxylation sites is 1. The van der Waals surface area contributed by atoms with Gasteiger partial charge in [0.05, 0.1) is 28.0 Å². The van der Waals surface area contributed by atoms with Crippen LogP contribution in [-0.2, 0) is 0 Å². The number of allylic oxidation sites excluding steroid dienone is 2. The van der Waals surface area contributed by atoms with Gasteiger partial charge in [-0.3, -0.25) is 9.36 Å². The second-order valence-corrected chi connectivity index (χ2v) is 7.43. The quantitative estimate of drug-likeness (QED) is 0.654. The maximum absolute atomic E-state index is 14.6. The molecule has 1 aliphatic heterocycles. The lowest BCUT2D eigenvalue weighted by atomic mass is 9.98. The molecule has 4 rings (SSSR count). The number of hydrogen-bond donors (Lipinski definition) is 2. The molecule has 3 aromatic rings. The van der Waals surface area contributed by atoms with Crippen molar-refractivity contribution in [2.24, 2.45) is 0 Å². The number of hydrogen-bond acceptors (Lipinski definition) is 4. The van der Waals surface area contributed by atoms with Gasteiger partial charge in [-0.15, -0.1) is 0 Å². The van der Waals surface area contributed by atoms with Crippen LogP contribution in [0.25, 0.3) is 22.7 Å². The van der Waals surface area contributed by atoms with Crippen LogP contribution in [0.5, 0.6) is 0 Å². The van der Waals surface area contributed by atoms with E-state index in [1.165, 1.54) is 28.8 Å². The first-order valence-electron chi connectivity index (χ1n) is 9.98. The maximum atomic E-state index is 14.6. The molecular formula is C24H22F2N4O. The Morgan fingerprint density at radius 1 is 1.23 bits per heavy atom. The van der Waals surface area contributed by atoms with E-state index in [9.17, 15) is 13.6 Å². The molecule has 31 heavy (non-hydrogen) atoms. The molecule has 0 amide bonds. The second kappa shape index (κ2) is 8.18. The molecule has 0 spiro atoms. The molecule has 0 fully saturated rings. The molecule has 158 valence electrons. The minimum Gasteiger partial charge on any atom is -0.372 e. The minimum atomic E-state index is -0.573. The summed E-state index contributed by atoms with van der Waals surface area (Å²) in [7, 11) is 0. The van der Waals surface area contributed by atoms with Crippen molar-refractivity contribution in [1.82, 2.24) is 20.2 Å². The first kappa shape index (κ1) is 20.5. The molecule has 0 saturated carbocycles. The van der Waals surface area contributed by atoms with Gasteiger partial charge in [-0.2, -0.15) is 0 Å². The van der Waals surface area contributed by atoms with E-state index in [1.807, 2.05) is 38.2 Å². The molecule has 1 atom stereocenters. The van der Waals surface area contributed by atoms with E-state index in [2.05, 4.69) is 15.6 Å². The summed E-state index contributed by atoms with van der Waals surface area (Å²) in [6.07, 6.45) is 9.34. The highest BCUT2D eigenvalue weighted by atomic mass is 19.1. The molecular weight excluding hydrogens is 398 g/mol. The monoisotopic (exact) mass is 420 g/mol. The molecule has 2 aromatic carbocycles. The van der Waals surface area contributed by atoms with Crippen LogP contribution in [-0.4, -0.2) is 21.6 Å². The van der Waals surface area contributed by atoms with Crippen molar-refractivity contribution in [3.63, 3.8) is 0 Å². The number of nitrogens with one attached hydrogen (secondary N) is 2. The zero-order chi connectivity index (χ0) is 22.0. The third kappa shape index (κ3) is 4.12. The van der Waals surface area contributed by atoms with E-state index < -0.39 is 22.7 Å². The third-order valence-electron chi connectivity index (χ3n) is 5.00. The zero-order valence-corrected chi connectivity index (χ0v) is 17.2. The van der Waals surface area contributed by atoms with Gasteiger partial charge in [0, 0.05) is 6.54 Å². The zero-order valence-electron chi connectivity index (χ0n) is 17.2. The summed E-state index contributed by atoms with van der Waals surface area (Å²) >= 11 is 0. The molecule has 2 N–H and O–H groups in total. The molecule has 0 aliphatic carbocycles. The Morgan fingerprint density at radius 3 is 2.81 bits per heavy atom. The van der Waals surface area contributed by atoms with Crippen LogP contribution in [0, 0.1) is 11.6 Å². The summed E-state index contributed by atoms with van der Waals surface area (Å²) in [6, 6.07) is 9.75. The van der Waals surface area contributed by atoms with Crippen LogP contribution in [0.15, 0.2) is 77.4 Å². The molecule has 1 unspecified atom stereocenters. The highest BCUT2D eigenvalue weighted by molar-refractivity contribution is 5.79. The summed E-state index contributed by atoms with van der Waals surface area (Å²) in [5, 5.41) is 6.68. The number of halogens is 2. The topological polar surface area (TPSA) is 59.0 Å². The maximum Gasteiger partial charge on any atom is 0.266 e. The Kier molecular flexibility index (Phi) is 5.42. The Labute approximate surface area is 178 Å². The third-order valence-corrected chi connectivity index (χ3v) is 5.00. The standard InChI is InChI=1S/C24H22F2N4O/c1-3-27-21-9-6-13-24(2,29-21)14-12-22-28-19-11-10-16(25)15-17(19)23(31)30(22)20-8-5-4-7-18(20)26/h4-15,27,29H,3H2,1-2H3. The molecule has 2 heterocycles. The number of rotatable bonds is 5. The largest absolute Gasteiger partial charge is 0.372 e. The fourth-order valence-electron chi connectivity index (χ4n) is 3.51. The first-order valence-corrected chi connectivity index (χ1v) is 9.98. The fourth-order valence-corrected chi connectivity index (χ4v) is 3.51. The molecule has 1 aromatic heterocycles. The number of benzene rings is 2. The lowest BCUT2D eigenvalue weighted by Gasteiger charge is -2.30. The van der Waals surface area contributed by atoms with Gasteiger partial charge < -0.3 is 10.6 Å². The van der Waals surface area contributed by atoms with Gasteiger partial charge in [-0.05, 0) is 56.3 Å². The summed E-state index contributed by atoms with van der Waals surface area (Å²) in [5.74, 6) is -0.0200. The van der Waals surface area contributed by atoms with Gasteiger partial charge in [0.25, 0.3) is 5.56 Å². The van der Waals surface area contributed by atoms with Gasteiger partial charge in [0.2, 0.25) is 0 Å². The van der Waals surface area contributed by atoms with Crippen LogP contribution in [0.2, 0.25) is 0 Å². The highest BCUT2D eigenvalue weighted by Gasteiger charge is 2.21. The van der Waals surface area contributed by atoms with Crippen LogP contribution in [0.1, 0.15) is 19.7 Å². The number of aromatic nitrogens is 2. The van der Waals surface area contributed by atoms with Crippen molar-refractivity contribution in [3.05, 3.63) is 100 Å². The normalized spacial score (nSPS) is 18.3. The minimum absolute atomic E-state index is 0.0522. The Morgan fingerprint density at radius 2 is 2.03 bits per heavy atom. The number of dihydropyridines is 1. The van der Waals surface area contributed by atoms with Gasteiger partial charge >= 0.3 is 0 Å². The Bertz CT molecular complexity index is 1290. The summed E-state index contributed by atoms with van der Waals surface area (Å²) in [4.78, 5) is 17.8. The van der Waals surface area contributed by atoms with Gasteiger partial charge in [0.1, 0.15) is 17.5 Å². The van der Waals surface area contributed by atoms with Crippen molar-refractivity contribution in [3.8, 4) is 5.69 Å². The van der Waals surface area contributed by atoms with Gasteiger partial charge in [-0.1, -0.05) is 30.4 Å².